The van der Waals surface area contributed by atoms with Crippen molar-refractivity contribution in [1.29, 1.82) is 0 Å². The van der Waals surface area contributed by atoms with Gasteiger partial charge in [-0.05, 0) is 43.7 Å². The zero-order valence-electron chi connectivity index (χ0n) is 13.7. The van der Waals surface area contributed by atoms with Gasteiger partial charge in [-0.25, -0.2) is 17.9 Å². The van der Waals surface area contributed by atoms with E-state index in [0.29, 0.717) is 17.1 Å². The molecular weight excluding hydrogens is 364 g/mol. The molecule has 1 N–H and O–H groups in total. The van der Waals surface area contributed by atoms with Crippen LogP contribution in [0.5, 0.6) is 0 Å². The molecule has 6 nitrogen and oxygen atoms in total. The van der Waals surface area contributed by atoms with Crippen molar-refractivity contribution in [3.05, 3.63) is 63.6 Å². The molecule has 0 bridgehead atoms. The Bertz CT molecular complexity index is 1070. The van der Waals surface area contributed by atoms with E-state index >= 15 is 0 Å². The van der Waals surface area contributed by atoms with E-state index in [9.17, 15) is 13.2 Å². The van der Waals surface area contributed by atoms with E-state index in [1.165, 1.54) is 16.7 Å². The number of aryl methyl sites for hydroxylation is 1. The first-order valence-corrected chi connectivity index (χ1v) is 9.59. The van der Waals surface area contributed by atoms with Crippen LogP contribution in [0.3, 0.4) is 0 Å². The van der Waals surface area contributed by atoms with Crippen LogP contribution in [0.1, 0.15) is 25.5 Å². The van der Waals surface area contributed by atoms with Gasteiger partial charge in [0.15, 0.2) is 5.58 Å². The summed E-state index contributed by atoms with van der Waals surface area (Å²) in [4.78, 5) is 11.8. The van der Waals surface area contributed by atoms with Crippen molar-refractivity contribution < 1.29 is 12.8 Å². The Kier molecular flexibility index (Phi) is 4.73. The van der Waals surface area contributed by atoms with Gasteiger partial charge >= 0.3 is 5.76 Å². The van der Waals surface area contributed by atoms with Gasteiger partial charge < -0.3 is 4.42 Å². The maximum Gasteiger partial charge on any atom is 0.419 e. The monoisotopic (exact) mass is 380 g/mol. The third-order valence-electron chi connectivity index (χ3n) is 3.97. The van der Waals surface area contributed by atoms with Crippen LogP contribution in [0.15, 0.2) is 56.6 Å². The van der Waals surface area contributed by atoms with Crippen molar-refractivity contribution in [1.82, 2.24) is 9.29 Å². The van der Waals surface area contributed by atoms with Crippen LogP contribution in [0.25, 0.3) is 11.1 Å². The minimum atomic E-state index is -3.77. The number of halogens is 1. The van der Waals surface area contributed by atoms with Crippen LogP contribution in [-0.4, -0.2) is 13.0 Å². The third-order valence-corrected chi connectivity index (χ3v) is 5.76. The number of aromatic nitrogens is 1. The van der Waals surface area contributed by atoms with E-state index in [1.54, 1.807) is 37.3 Å². The predicted molar refractivity (Wildman–Crippen MR) is 96.3 cm³/mol. The highest BCUT2D eigenvalue weighted by molar-refractivity contribution is 7.89. The largest absolute Gasteiger partial charge is 0.419 e. The molecule has 132 valence electrons. The number of hydrogen-bond acceptors (Lipinski definition) is 4. The SMILES string of the molecule is CCn1c(=O)oc2cc(S(=O)(=O)N[C@H](C)c3ccc(Cl)cc3)ccc21. The van der Waals surface area contributed by atoms with Crippen LogP contribution in [0.2, 0.25) is 5.02 Å². The number of hydrogen-bond donors (Lipinski definition) is 1. The molecule has 3 aromatic rings. The first kappa shape index (κ1) is 17.7. The molecule has 2 aromatic carbocycles. The lowest BCUT2D eigenvalue weighted by Gasteiger charge is -2.14. The standard InChI is InChI=1S/C17H17ClN2O4S/c1-3-20-15-9-8-14(10-16(15)24-17(20)21)25(22,23)19-11(2)12-4-6-13(18)7-5-12/h4-11,19H,3H2,1-2H3/t11-/m1/s1. The number of benzene rings is 2. The van der Waals surface area contributed by atoms with Gasteiger partial charge in [-0.15, -0.1) is 0 Å². The molecule has 1 aromatic heterocycles. The van der Waals surface area contributed by atoms with Crippen molar-refractivity contribution in [3.63, 3.8) is 0 Å². The fourth-order valence-corrected chi connectivity index (χ4v) is 4.01. The molecule has 25 heavy (non-hydrogen) atoms. The Balaban J connectivity index is 1.92. The highest BCUT2D eigenvalue weighted by Gasteiger charge is 2.20. The fourth-order valence-electron chi connectivity index (χ4n) is 2.63. The summed E-state index contributed by atoms with van der Waals surface area (Å²) in [7, 11) is -3.77. The van der Waals surface area contributed by atoms with Gasteiger partial charge in [0, 0.05) is 23.7 Å². The molecule has 0 spiro atoms. The minimum Gasteiger partial charge on any atom is -0.408 e. The number of sulfonamides is 1. The fraction of sp³-hybridized carbons (Fsp3) is 0.235. The molecule has 0 aliphatic heterocycles. The number of fused-ring (bicyclic) bond motifs is 1. The molecule has 0 aliphatic rings. The first-order valence-electron chi connectivity index (χ1n) is 7.73. The maximum absolute atomic E-state index is 12.6. The summed E-state index contributed by atoms with van der Waals surface area (Å²) >= 11 is 5.85. The van der Waals surface area contributed by atoms with E-state index < -0.39 is 21.8 Å². The summed E-state index contributed by atoms with van der Waals surface area (Å²) in [6.45, 7) is 4.01. The van der Waals surface area contributed by atoms with E-state index in [2.05, 4.69) is 4.72 Å². The van der Waals surface area contributed by atoms with Crippen LogP contribution in [0, 0.1) is 0 Å². The van der Waals surface area contributed by atoms with Gasteiger partial charge in [0.05, 0.1) is 10.4 Å². The first-order chi connectivity index (χ1) is 11.8. The van der Waals surface area contributed by atoms with E-state index in [-0.39, 0.29) is 10.5 Å². The molecule has 0 amide bonds. The van der Waals surface area contributed by atoms with Crippen molar-refractivity contribution in [2.24, 2.45) is 0 Å². The number of oxazole rings is 1. The van der Waals surface area contributed by atoms with E-state index in [4.69, 9.17) is 16.0 Å². The Morgan fingerprint density at radius 2 is 1.88 bits per heavy atom. The summed E-state index contributed by atoms with van der Waals surface area (Å²) < 4.78 is 34.4. The molecule has 0 radical (unpaired) electrons. The molecule has 0 fully saturated rings. The Labute approximate surface area is 150 Å². The number of rotatable bonds is 5. The second-order valence-corrected chi connectivity index (χ2v) is 7.79. The van der Waals surface area contributed by atoms with Gasteiger partial charge in [0.2, 0.25) is 10.0 Å². The van der Waals surface area contributed by atoms with Gasteiger partial charge in [-0.2, -0.15) is 0 Å². The van der Waals surface area contributed by atoms with Gasteiger partial charge in [0.25, 0.3) is 0 Å². The molecule has 0 saturated heterocycles. The summed E-state index contributed by atoms with van der Waals surface area (Å²) in [5.74, 6) is -0.505. The summed E-state index contributed by atoms with van der Waals surface area (Å²) in [6.07, 6.45) is 0. The van der Waals surface area contributed by atoms with Crippen molar-refractivity contribution in [2.75, 3.05) is 0 Å². The summed E-state index contributed by atoms with van der Waals surface area (Å²) in [5.41, 5.74) is 1.60. The third kappa shape index (κ3) is 3.49. The molecule has 1 atom stereocenters. The van der Waals surface area contributed by atoms with Gasteiger partial charge in [-0.3, -0.25) is 4.57 Å². The molecule has 8 heteroatoms. The van der Waals surface area contributed by atoms with Crippen molar-refractivity contribution >= 4 is 32.7 Å². The second kappa shape index (κ2) is 6.67. The summed E-state index contributed by atoms with van der Waals surface area (Å²) in [6, 6.07) is 10.9. The lowest BCUT2D eigenvalue weighted by Crippen LogP contribution is -2.26. The number of nitrogens with zero attached hydrogens (tertiary/aromatic N) is 1. The molecular formula is C17H17ClN2O4S. The van der Waals surface area contributed by atoms with Crippen LogP contribution < -0.4 is 10.5 Å². The quantitative estimate of drug-likeness (QED) is 0.736. The molecule has 0 unspecified atom stereocenters. The van der Waals surface area contributed by atoms with Crippen LogP contribution in [-0.2, 0) is 16.6 Å². The Morgan fingerprint density at radius 1 is 1.20 bits per heavy atom. The lowest BCUT2D eigenvalue weighted by molar-refractivity contribution is 0.512. The number of nitrogens with one attached hydrogen (secondary N) is 1. The van der Waals surface area contributed by atoms with Crippen LogP contribution in [0.4, 0.5) is 0 Å². The Hall–Kier alpha value is -2.09. The molecule has 1 heterocycles. The lowest BCUT2D eigenvalue weighted by atomic mass is 10.1. The van der Waals surface area contributed by atoms with Crippen molar-refractivity contribution in [3.8, 4) is 0 Å². The second-order valence-electron chi connectivity index (χ2n) is 5.64. The summed E-state index contributed by atoms with van der Waals surface area (Å²) in [5, 5.41) is 0.583. The highest BCUT2D eigenvalue weighted by atomic mass is 35.5. The van der Waals surface area contributed by atoms with Crippen molar-refractivity contribution in [2.45, 2.75) is 31.3 Å². The van der Waals surface area contributed by atoms with E-state index in [0.717, 1.165) is 5.56 Å². The Morgan fingerprint density at radius 3 is 2.52 bits per heavy atom. The molecule has 0 aliphatic carbocycles. The highest BCUT2D eigenvalue weighted by Crippen LogP contribution is 2.22. The molecule has 3 rings (SSSR count). The van der Waals surface area contributed by atoms with E-state index in [1.807, 2.05) is 6.92 Å². The minimum absolute atomic E-state index is 0.0396. The zero-order valence-corrected chi connectivity index (χ0v) is 15.3. The zero-order chi connectivity index (χ0) is 18.2. The smallest absolute Gasteiger partial charge is 0.408 e. The van der Waals surface area contributed by atoms with Gasteiger partial charge in [0.1, 0.15) is 0 Å². The molecule has 0 saturated carbocycles. The predicted octanol–water partition coefficient (Wildman–Crippen LogP) is 3.31. The average molecular weight is 381 g/mol. The average Bonchev–Trinajstić information content (AvgIpc) is 2.89. The topological polar surface area (TPSA) is 81.3 Å². The van der Waals surface area contributed by atoms with Gasteiger partial charge in [-0.1, -0.05) is 23.7 Å². The normalized spacial score (nSPS) is 13.2. The van der Waals surface area contributed by atoms with Crippen LogP contribution >= 0.6 is 11.6 Å². The maximum atomic E-state index is 12.6.